The number of furan rings is 1. The fraction of sp³-hybridized carbons (Fsp3) is 0.583. The predicted molar refractivity (Wildman–Crippen MR) is 61.3 cm³/mol. The zero-order valence-corrected chi connectivity index (χ0v) is 9.61. The third-order valence-electron chi connectivity index (χ3n) is 3.13. The molecule has 1 aliphatic rings. The molecule has 2 heterocycles. The van der Waals surface area contributed by atoms with Gasteiger partial charge in [0.05, 0.1) is 6.26 Å². The van der Waals surface area contributed by atoms with Gasteiger partial charge in [0.2, 0.25) is 0 Å². The van der Waals surface area contributed by atoms with E-state index in [-0.39, 0.29) is 5.91 Å². The highest BCUT2D eigenvalue weighted by Crippen LogP contribution is 2.18. The number of nitrogens with zero attached hydrogens (tertiary/aromatic N) is 1. The second-order valence-corrected chi connectivity index (χ2v) is 4.27. The van der Waals surface area contributed by atoms with Gasteiger partial charge in [0.15, 0.2) is 5.76 Å². The van der Waals surface area contributed by atoms with E-state index >= 15 is 0 Å². The Hall–Kier alpha value is -1.29. The number of rotatable bonds is 3. The first kappa shape index (κ1) is 11.2. The average molecular weight is 222 g/mol. The summed E-state index contributed by atoms with van der Waals surface area (Å²) in [5.74, 6) is 1.17. The minimum absolute atomic E-state index is 0.0212. The van der Waals surface area contributed by atoms with E-state index in [4.69, 9.17) is 4.42 Å². The maximum absolute atomic E-state index is 11.9. The van der Waals surface area contributed by atoms with E-state index in [1.165, 1.54) is 0 Å². The number of hydrogen-bond donors (Lipinski definition) is 1. The lowest BCUT2D eigenvalue weighted by Crippen LogP contribution is -2.40. The van der Waals surface area contributed by atoms with Gasteiger partial charge in [0, 0.05) is 13.1 Å². The van der Waals surface area contributed by atoms with Gasteiger partial charge in [-0.1, -0.05) is 0 Å². The molecule has 0 atom stereocenters. The molecule has 16 heavy (non-hydrogen) atoms. The van der Waals surface area contributed by atoms with Gasteiger partial charge in [-0.05, 0) is 44.5 Å². The number of carbonyl (C=O) groups is 1. The Labute approximate surface area is 95.6 Å². The highest BCUT2D eigenvalue weighted by Gasteiger charge is 2.24. The summed E-state index contributed by atoms with van der Waals surface area (Å²) in [6, 6.07) is 3.48. The fourth-order valence-corrected chi connectivity index (χ4v) is 2.18. The summed E-state index contributed by atoms with van der Waals surface area (Å²) >= 11 is 0. The maximum Gasteiger partial charge on any atom is 0.289 e. The topological polar surface area (TPSA) is 45.5 Å². The third kappa shape index (κ3) is 2.44. The molecule has 2 rings (SSSR count). The van der Waals surface area contributed by atoms with Crippen LogP contribution in [-0.4, -0.2) is 37.5 Å². The Morgan fingerprint density at radius 3 is 2.88 bits per heavy atom. The summed E-state index contributed by atoms with van der Waals surface area (Å²) in [6.07, 6.45) is 3.70. The van der Waals surface area contributed by atoms with Gasteiger partial charge in [0.25, 0.3) is 5.91 Å². The molecule has 1 aliphatic heterocycles. The van der Waals surface area contributed by atoms with Crippen molar-refractivity contribution in [2.24, 2.45) is 5.92 Å². The molecule has 0 aromatic carbocycles. The first-order chi connectivity index (χ1) is 7.81. The van der Waals surface area contributed by atoms with Gasteiger partial charge in [-0.2, -0.15) is 0 Å². The van der Waals surface area contributed by atoms with Crippen LogP contribution in [0.25, 0.3) is 0 Å². The molecule has 4 heteroatoms. The van der Waals surface area contributed by atoms with Crippen molar-refractivity contribution in [2.45, 2.75) is 12.8 Å². The van der Waals surface area contributed by atoms with Crippen molar-refractivity contribution in [3.05, 3.63) is 24.2 Å². The Morgan fingerprint density at radius 1 is 1.56 bits per heavy atom. The van der Waals surface area contributed by atoms with Crippen LogP contribution in [0.5, 0.6) is 0 Å². The molecular weight excluding hydrogens is 204 g/mol. The monoisotopic (exact) mass is 222 g/mol. The standard InChI is InChI=1S/C12H18N2O2/c1-13-9-10-4-6-14(7-5-10)12(15)11-3-2-8-16-11/h2-3,8,10,13H,4-7,9H2,1H3. The molecule has 0 aliphatic carbocycles. The number of likely N-dealkylation sites (tertiary alicyclic amines) is 1. The highest BCUT2D eigenvalue weighted by molar-refractivity contribution is 5.91. The molecule has 1 aromatic heterocycles. The number of nitrogens with one attached hydrogen (secondary N) is 1. The van der Waals surface area contributed by atoms with Gasteiger partial charge in [-0.3, -0.25) is 4.79 Å². The molecular formula is C12H18N2O2. The quantitative estimate of drug-likeness (QED) is 0.839. The zero-order valence-electron chi connectivity index (χ0n) is 9.61. The first-order valence-corrected chi connectivity index (χ1v) is 5.78. The number of hydrogen-bond acceptors (Lipinski definition) is 3. The van der Waals surface area contributed by atoms with Gasteiger partial charge in [-0.15, -0.1) is 0 Å². The molecule has 88 valence electrons. The highest BCUT2D eigenvalue weighted by atomic mass is 16.3. The van der Waals surface area contributed by atoms with E-state index in [1.807, 2.05) is 11.9 Å². The van der Waals surface area contributed by atoms with Gasteiger partial charge < -0.3 is 14.6 Å². The fourth-order valence-electron chi connectivity index (χ4n) is 2.18. The van der Waals surface area contributed by atoms with E-state index < -0.39 is 0 Å². The van der Waals surface area contributed by atoms with E-state index in [0.29, 0.717) is 11.7 Å². The smallest absolute Gasteiger partial charge is 0.289 e. The lowest BCUT2D eigenvalue weighted by molar-refractivity contribution is 0.0659. The van der Waals surface area contributed by atoms with Crippen LogP contribution in [0.15, 0.2) is 22.8 Å². The normalized spacial score (nSPS) is 17.7. The van der Waals surface area contributed by atoms with Crippen LogP contribution in [0.1, 0.15) is 23.4 Å². The van der Waals surface area contributed by atoms with Crippen LogP contribution in [0.2, 0.25) is 0 Å². The van der Waals surface area contributed by atoms with Crippen LogP contribution in [-0.2, 0) is 0 Å². The van der Waals surface area contributed by atoms with Gasteiger partial charge >= 0.3 is 0 Å². The Morgan fingerprint density at radius 2 is 2.31 bits per heavy atom. The van der Waals surface area contributed by atoms with Crippen molar-refractivity contribution in [3.8, 4) is 0 Å². The van der Waals surface area contributed by atoms with Crippen LogP contribution in [0.3, 0.4) is 0 Å². The Bertz CT molecular complexity index is 327. The summed E-state index contributed by atoms with van der Waals surface area (Å²) in [5.41, 5.74) is 0. The third-order valence-corrected chi connectivity index (χ3v) is 3.13. The summed E-state index contributed by atoms with van der Waals surface area (Å²) < 4.78 is 5.12. The SMILES string of the molecule is CNCC1CCN(C(=O)c2ccco2)CC1. The van der Waals surface area contributed by atoms with E-state index in [0.717, 1.165) is 32.5 Å². The molecule has 0 unspecified atom stereocenters. The summed E-state index contributed by atoms with van der Waals surface area (Å²) in [4.78, 5) is 13.8. The second-order valence-electron chi connectivity index (χ2n) is 4.27. The summed E-state index contributed by atoms with van der Waals surface area (Å²) in [6.45, 7) is 2.72. The maximum atomic E-state index is 11.9. The van der Waals surface area contributed by atoms with Crippen molar-refractivity contribution >= 4 is 5.91 Å². The van der Waals surface area contributed by atoms with Crippen molar-refractivity contribution < 1.29 is 9.21 Å². The number of carbonyl (C=O) groups excluding carboxylic acids is 1. The molecule has 1 aromatic rings. The van der Waals surface area contributed by atoms with E-state index in [9.17, 15) is 4.79 Å². The predicted octanol–water partition coefficient (Wildman–Crippen LogP) is 1.35. The van der Waals surface area contributed by atoms with Crippen molar-refractivity contribution in [1.29, 1.82) is 0 Å². The van der Waals surface area contributed by atoms with E-state index in [2.05, 4.69) is 5.32 Å². The van der Waals surface area contributed by atoms with Gasteiger partial charge in [-0.25, -0.2) is 0 Å². The summed E-state index contributed by atoms with van der Waals surface area (Å²) in [7, 11) is 1.97. The number of piperidine rings is 1. The summed E-state index contributed by atoms with van der Waals surface area (Å²) in [5, 5.41) is 3.19. The lowest BCUT2D eigenvalue weighted by atomic mass is 9.97. The molecule has 1 amide bonds. The lowest BCUT2D eigenvalue weighted by Gasteiger charge is -2.31. The van der Waals surface area contributed by atoms with Crippen LogP contribution in [0, 0.1) is 5.92 Å². The van der Waals surface area contributed by atoms with Crippen molar-refractivity contribution in [1.82, 2.24) is 10.2 Å². The van der Waals surface area contributed by atoms with Crippen molar-refractivity contribution in [3.63, 3.8) is 0 Å². The number of amides is 1. The van der Waals surface area contributed by atoms with E-state index in [1.54, 1.807) is 18.4 Å². The molecule has 0 saturated carbocycles. The Balaban J connectivity index is 1.87. The van der Waals surface area contributed by atoms with Gasteiger partial charge in [0.1, 0.15) is 0 Å². The largest absolute Gasteiger partial charge is 0.459 e. The minimum atomic E-state index is 0.0212. The van der Waals surface area contributed by atoms with Crippen LogP contribution >= 0.6 is 0 Å². The van der Waals surface area contributed by atoms with Crippen LogP contribution in [0.4, 0.5) is 0 Å². The average Bonchev–Trinajstić information content (AvgIpc) is 2.83. The van der Waals surface area contributed by atoms with Crippen LogP contribution < -0.4 is 5.32 Å². The molecule has 0 radical (unpaired) electrons. The molecule has 4 nitrogen and oxygen atoms in total. The molecule has 0 bridgehead atoms. The molecule has 1 fully saturated rings. The molecule has 1 N–H and O–H groups in total. The first-order valence-electron chi connectivity index (χ1n) is 5.78. The molecule has 1 saturated heterocycles. The molecule has 0 spiro atoms. The second kappa shape index (κ2) is 5.16. The van der Waals surface area contributed by atoms with Crippen molar-refractivity contribution in [2.75, 3.05) is 26.7 Å². The minimum Gasteiger partial charge on any atom is -0.459 e. The Kier molecular flexibility index (Phi) is 3.62. The zero-order chi connectivity index (χ0) is 11.4.